The molecule has 2 atom stereocenters. The van der Waals surface area contributed by atoms with Crippen LogP contribution < -0.4 is 5.32 Å². The van der Waals surface area contributed by atoms with Gasteiger partial charge in [0, 0.05) is 17.6 Å². The molecule has 4 amide bonds. The predicted molar refractivity (Wildman–Crippen MR) is 150 cm³/mol. The number of hydrogen-bond donors (Lipinski definition) is 1. The number of nitrogens with zero attached hydrogens (tertiary/aromatic N) is 4. The Morgan fingerprint density at radius 1 is 0.974 bits per heavy atom. The fourth-order valence-electron chi connectivity index (χ4n) is 5.14. The summed E-state index contributed by atoms with van der Waals surface area (Å²) in [5, 5.41) is 6.07. The van der Waals surface area contributed by atoms with Gasteiger partial charge in [-0.15, -0.1) is 6.42 Å². The highest BCUT2D eigenvalue weighted by molar-refractivity contribution is 9.10. The average molecular weight is 586 g/mol. The van der Waals surface area contributed by atoms with E-state index in [0.29, 0.717) is 18.7 Å². The van der Waals surface area contributed by atoms with Crippen LogP contribution >= 0.6 is 15.9 Å². The molecular weight excluding hydrogens is 558 g/mol. The van der Waals surface area contributed by atoms with Crippen LogP contribution in [0.25, 0.3) is 0 Å². The third-order valence-electron chi connectivity index (χ3n) is 6.87. The van der Waals surface area contributed by atoms with Gasteiger partial charge in [0.05, 0.1) is 19.6 Å². The van der Waals surface area contributed by atoms with Gasteiger partial charge in [-0.25, -0.2) is 9.80 Å². The minimum absolute atomic E-state index is 0.0738. The molecular formula is C30H28BrN5O3. The molecule has 0 radical (unpaired) electrons. The van der Waals surface area contributed by atoms with Gasteiger partial charge in [-0.1, -0.05) is 94.6 Å². The van der Waals surface area contributed by atoms with Crippen molar-refractivity contribution < 1.29 is 14.4 Å². The van der Waals surface area contributed by atoms with Gasteiger partial charge < -0.3 is 15.1 Å². The molecule has 39 heavy (non-hydrogen) atoms. The summed E-state index contributed by atoms with van der Waals surface area (Å²) in [6, 6.07) is 25.3. The quantitative estimate of drug-likeness (QED) is 0.447. The predicted octanol–water partition coefficient (Wildman–Crippen LogP) is 3.76. The number of carbonyl (C=O) groups excluding carboxylic acids is 3. The minimum Gasteiger partial charge on any atom is -0.333 e. The molecule has 2 heterocycles. The van der Waals surface area contributed by atoms with Gasteiger partial charge in [0.1, 0.15) is 12.2 Å². The molecule has 198 valence electrons. The summed E-state index contributed by atoms with van der Waals surface area (Å²) in [7, 11) is 0. The van der Waals surface area contributed by atoms with Crippen LogP contribution in [0.3, 0.4) is 0 Å². The molecule has 2 aliphatic heterocycles. The zero-order chi connectivity index (χ0) is 27.4. The molecule has 2 fully saturated rings. The zero-order valence-corrected chi connectivity index (χ0v) is 22.8. The number of hydrazine groups is 1. The van der Waals surface area contributed by atoms with E-state index < -0.39 is 12.2 Å². The molecule has 5 rings (SSSR count). The van der Waals surface area contributed by atoms with Crippen LogP contribution in [0, 0.1) is 12.3 Å². The topological polar surface area (TPSA) is 76.2 Å². The van der Waals surface area contributed by atoms with Gasteiger partial charge in [0.2, 0.25) is 5.91 Å². The Morgan fingerprint density at radius 3 is 2.36 bits per heavy atom. The number of nitrogens with one attached hydrogen (secondary N) is 1. The molecule has 9 heteroatoms. The van der Waals surface area contributed by atoms with Crippen molar-refractivity contribution in [2.45, 2.75) is 25.3 Å². The van der Waals surface area contributed by atoms with Crippen molar-refractivity contribution in [3.05, 3.63) is 106 Å². The van der Waals surface area contributed by atoms with Gasteiger partial charge in [-0.2, -0.15) is 5.01 Å². The van der Waals surface area contributed by atoms with Gasteiger partial charge in [-0.3, -0.25) is 9.59 Å². The van der Waals surface area contributed by atoms with Crippen LogP contribution in [0.2, 0.25) is 0 Å². The van der Waals surface area contributed by atoms with E-state index in [1.807, 2.05) is 84.9 Å². The largest absolute Gasteiger partial charge is 0.334 e. The Bertz CT molecular complexity index is 1390. The van der Waals surface area contributed by atoms with E-state index in [2.05, 4.69) is 27.2 Å². The second-order valence-corrected chi connectivity index (χ2v) is 10.4. The van der Waals surface area contributed by atoms with E-state index in [0.717, 1.165) is 15.6 Å². The summed E-state index contributed by atoms with van der Waals surface area (Å²) in [4.78, 5) is 44.5. The van der Waals surface area contributed by atoms with E-state index >= 15 is 0 Å². The first kappa shape index (κ1) is 26.5. The molecule has 0 saturated carbocycles. The Balaban J connectivity index is 1.52. The maximum atomic E-state index is 14.0. The first-order chi connectivity index (χ1) is 19.0. The number of halogens is 1. The highest BCUT2D eigenvalue weighted by Gasteiger charge is 2.51. The highest BCUT2D eigenvalue weighted by Crippen LogP contribution is 2.35. The lowest BCUT2D eigenvalue weighted by Crippen LogP contribution is -2.74. The summed E-state index contributed by atoms with van der Waals surface area (Å²) in [5.41, 5.74) is 2.56. The number of rotatable bonds is 6. The fourth-order valence-corrected chi connectivity index (χ4v) is 5.59. The van der Waals surface area contributed by atoms with E-state index in [4.69, 9.17) is 6.42 Å². The smallest absolute Gasteiger partial charge is 0.333 e. The van der Waals surface area contributed by atoms with Crippen LogP contribution in [0.1, 0.15) is 22.7 Å². The molecule has 2 saturated heterocycles. The molecule has 2 aliphatic rings. The summed E-state index contributed by atoms with van der Waals surface area (Å²) >= 11 is 3.50. The Kier molecular flexibility index (Phi) is 7.96. The third kappa shape index (κ3) is 5.67. The molecule has 0 unspecified atom stereocenters. The molecule has 3 aromatic carbocycles. The Morgan fingerprint density at radius 2 is 1.67 bits per heavy atom. The lowest BCUT2D eigenvalue weighted by atomic mass is 9.98. The monoisotopic (exact) mass is 585 g/mol. The molecule has 8 nitrogen and oxygen atoms in total. The molecule has 3 aromatic rings. The van der Waals surface area contributed by atoms with Gasteiger partial charge in [0.25, 0.3) is 5.91 Å². The first-order valence-corrected chi connectivity index (χ1v) is 13.4. The van der Waals surface area contributed by atoms with E-state index in [9.17, 15) is 14.4 Å². The second-order valence-electron chi connectivity index (χ2n) is 9.46. The zero-order valence-electron chi connectivity index (χ0n) is 21.2. The SMILES string of the molecule is C#CCN1CC(=O)N2[C@@H](c3ccccc3)C(=O)N(Cc3cccc(Br)c3)C[C@@H]2N1C(=O)NCc1ccccc1. The van der Waals surface area contributed by atoms with Crippen LogP contribution in [0.4, 0.5) is 4.79 Å². The molecule has 0 spiro atoms. The van der Waals surface area contributed by atoms with Gasteiger partial charge in [-0.05, 0) is 28.8 Å². The molecule has 1 N–H and O–H groups in total. The summed E-state index contributed by atoms with van der Waals surface area (Å²) in [5.74, 6) is 2.12. The van der Waals surface area contributed by atoms with Crippen LogP contribution in [-0.2, 0) is 22.7 Å². The number of benzene rings is 3. The van der Waals surface area contributed by atoms with Crippen molar-refractivity contribution in [1.29, 1.82) is 0 Å². The van der Waals surface area contributed by atoms with Crippen molar-refractivity contribution >= 4 is 33.8 Å². The van der Waals surface area contributed by atoms with E-state index in [1.54, 1.807) is 14.8 Å². The van der Waals surface area contributed by atoms with Crippen LogP contribution in [0.5, 0.6) is 0 Å². The number of carbonyl (C=O) groups is 3. The Hall–Kier alpha value is -4.13. The summed E-state index contributed by atoms with van der Waals surface area (Å²) < 4.78 is 0.903. The Labute approximate surface area is 236 Å². The van der Waals surface area contributed by atoms with Gasteiger partial charge in [0.15, 0.2) is 0 Å². The number of urea groups is 1. The van der Waals surface area contributed by atoms with Crippen molar-refractivity contribution in [1.82, 2.24) is 25.1 Å². The molecule has 0 aromatic heterocycles. The highest BCUT2D eigenvalue weighted by atomic mass is 79.9. The maximum absolute atomic E-state index is 14.0. The van der Waals surface area contributed by atoms with E-state index in [1.165, 1.54) is 5.01 Å². The van der Waals surface area contributed by atoms with E-state index in [-0.39, 0.29) is 37.5 Å². The second kappa shape index (κ2) is 11.7. The lowest BCUT2D eigenvalue weighted by molar-refractivity contribution is -0.190. The number of amides is 4. The average Bonchev–Trinajstić information content (AvgIpc) is 2.94. The number of fused-ring (bicyclic) bond motifs is 1. The third-order valence-corrected chi connectivity index (χ3v) is 7.36. The van der Waals surface area contributed by atoms with Crippen LogP contribution in [-0.4, -0.2) is 63.5 Å². The molecule has 0 bridgehead atoms. The maximum Gasteiger partial charge on any atom is 0.334 e. The van der Waals surface area contributed by atoms with Crippen molar-refractivity contribution in [3.8, 4) is 12.3 Å². The van der Waals surface area contributed by atoms with Crippen LogP contribution in [0.15, 0.2) is 89.4 Å². The lowest BCUT2D eigenvalue weighted by Gasteiger charge is -2.54. The summed E-state index contributed by atoms with van der Waals surface area (Å²) in [6.07, 6.45) is 4.90. The van der Waals surface area contributed by atoms with Crippen molar-refractivity contribution in [2.24, 2.45) is 0 Å². The fraction of sp³-hybridized carbons (Fsp3) is 0.233. The number of piperazine rings is 1. The molecule has 0 aliphatic carbocycles. The first-order valence-electron chi connectivity index (χ1n) is 12.6. The number of hydrogen-bond acceptors (Lipinski definition) is 4. The minimum atomic E-state index is -0.873. The van der Waals surface area contributed by atoms with Crippen molar-refractivity contribution in [3.63, 3.8) is 0 Å². The normalized spacial score (nSPS) is 19.4. The van der Waals surface area contributed by atoms with Gasteiger partial charge >= 0.3 is 6.03 Å². The number of terminal acetylenes is 1. The summed E-state index contributed by atoms with van der Waals surface area (Å²) in [6.45, 7) is 0.741. The standard InChI is InChI=1S/C30H28BrN5O3/c1-2-16-34-21-27(37)35-26(36(34)30(39)32-18-22-10-5-3-6-11-22)20-33(19-23-12-9-15-25(31)17-23)29(38)28(35)24-13-7-4-8-14-24/h1,3-15,17,26,28H,16,18-21H2,(H,32,39)/t26-,28-/m0/s1. The van der Waals surface area contributed by atoms with Crippen molar-refractivity contribution in [2.75, 3.05) is 19.6 Å².